The fourth-order valence-corrected chi connectivity index (χ4v) is 1.78. The van der Waals surface area contributed by atoms with E-state index >= 15 is 0 Å². The molecule has 0 spiro atoms. The molecule has 2 aromatic rings. The van der Waals surface area contributed by atoms with Crippen LogP contribution in [0.5, 0.6) is 0 Å². The van der Waals surface area contributed by atoms with Gasteiger partial charge in [0.2, 0.25) is 0 Å². The lowest BCUT2D eigenvalue weighted by molar-refractivity contribution is 0.252. The summed E-state index contributed by atoms with van der Waals surface area (Å²) in [6.07, 6.45) is 6.26. The predicted octanol–water partition coefficient (Wildman–Crippen LogP) is 1.55. The van der Waals surface area contributed by atoms with Gasteiger partial charge in [-0.2, -0.15) is 0 Å². The van der Waals surface area contributed by atoms with E-state index in [2.05, 4.69) is 15.6 Å². The lowest BCUT2D eigenvalue weighted by Crippen LogP contribution is -2.30. The molecule has 0 aliphatic rings. The molecule has 0 unspecified atom stereocenters. The highest BCUT2D eigenvalue weighted by atomic mass is 16.2. The number of hydrogen-bond acceptors (Lipinski definition) is 3. The summed E-state index contributed by atoms with van der Waals surface area (Å²) in [4.78, 5) is 15.6. The maximum atomic E-state index is 11.7. The number of rotatable bonds is 6. The van der Waals surface area contributed by atoms with Crippen molar-refractivity contribution in [1.82, 2.24) is 14.9 Å². The average molecular weight is 273 g/mol. The van der Waals surface area contributed by atoms with Crippen LogP contribution in [0.2, 0.25) is 0 Å². The molecule has 4 N–H and O–H groups in total. The average Bonchev–Trinajstić information content (AvgIpc) is 2.98. The highest BCUT2D eigenvalue weighted by Crippen LogP contribution is 2.08. The van der Waals surface area contributed by atoms with E-state index in [1.807, 2.05) is 35.0 Å². The summed E-state index contributed by atoms with van der Waals surface area (Å²) in [6.45, 7) is 1.96. The van der Waals surface area contributed by atoms with Gasteiger partial charge in [-0.3, -0.25) is 0 Å². The molecule has 6 nitrogen and oxygen atoms in total. The summed E-state index contributed by atoms with van der Waals surface area (Å²) in [5, 5.41) is 5.59. The van der Waals surface area contributed by atoms with Crippen LogP contribution in [0.15, 0.2) is 43.0 Å². The maximum absolute atomic E-state index is 11.7. The number of nitrogens with one attached hydrogen (secondary N) is 2. The van der Waals surface area contributed by atoms with Gasteiger partial charge in [0.05, 0.1) is 6.33 Å². The Hall–Kier alpha value is -2.34. The minimum atomic E-state index is -0.198. The molecule has 0 aliphatic heterocycles. The Kier molecular flexibility index (Phi) is 5.14. The van der Waals surface area contributed by atoms with Crippen molar-refractivity contribution in [3.05, 3.63) is 48.5 Å². The minimum Gasteiger partial charge on any atom is -0.338 e. The molecule has 1 heterocycles. The third kappa shape index (κ3) is 4.40. The predicted molar refractivity (Wildman–Crippen MR) is 78.2 cm³/mol. The fraction of sp³-hybridized carbons (Fsp3) is 0.286. The topological polar surface area (TPSA) is 85.0 Å². The molecule has 0 fully saturated rings. The summed E-state index contributed by atoms with van der Waals surface area (Å²) in [5.74, 6) is 0. The highest BCUT2D eigenvalue weighted by Gasteiger charge is 2.00. The molecule has 0 atom stereocenters. The van der Waals surface area contributed by atoms with Crippen molar-refractivity contribution in [2.75, 3.05) is 11.9 Å². The maximum Gasteiger partial charge on any atom is 0.319 e. The molecule has 106 valence electrons. The van der Waals surface area contributed by atoms with Crippen molar-refractivity contribution in [3.8, 4) is 0 Å². The molecule has 20 heavy (non-hydrogen) atoms. The summed E-state index contributed by atoms with van der Waals surface area (Å²) in [6, 6.07) is 7.28. The fourth-order valence-electron chi connectivity index (χ4n) is 1.78. The van der Waals surface area contributed by atoms with Crippen LogP contribution >= 0.6 is 0 Å². The number of nitrogens with zero attached hydrogens (tertiary/aromatic N) is 2. The third-order valence-electron chi connectivity index (χ3n) is 2.89. The van der Waals surface area contributed by atoms with E-state index in [1.165, 1.54) is 0 Å². The Balaban J connectivity index is 1.66. The van der Waals surface area contributed by atoms with Gasteiger partial charge in [0.25, 0.3) is 0 Å². The molecular weight excluding hydrogens is 254 g/mol. The molecule has 1 aromatic heterocycles. The standard InChI is InChI=1S/C14H19N5O/c15-10-12-2-4-13(5-3-12)18-14(20)17-6-1-8-19-9-7-16-11-19/h2-5,7,9,11H,1,6,8,10,15H2,(H2,17,18,20). The first-order chi connectivity index (χ1) is 9.78. The van der Waals surface area contributed by atoms with E-state index < -0.39 is 0 Å². The summed E-state index contributed by atoms with van der Waals surface area (Å²) in [7, 11) is 0. The number of amides is 2. The Morgan fingerprint density at radius 1 is 1.30 bits per heavy atom. The van der Waals surface area contributed by atoms with E-state index in [4.69, 9.17) is 5.73 Å². The number of nitrogens with two attached hydrogens (primary N) is 1. The molecule has 0 saturated carbocycles. The van der Waals surface area contributed by atoms with Gasteiger partial charge in [-0.05, 0) is 24.1 Å². The van der Waals surface area contributed by atoms with Gasteiger partial charge in [-0.1, -0.05) is 12.1 Å². The van der Waals surface area contributed by atoms with Gasteiger partial charge < -0.3 is 20.9 Å². The second-order valence-corrected chi connectivity index (χ2v) is 4.44. The number of anilines is 1. The molecule has 0 radical (unpaired) electrons. The Bertz CT molecular complexity index is 521. The summed E-state index contributed by atoms with van der Waals surface area (Å²) in [5.41, 5.74) is 7.31. The molecule has 0 aliphatic carbocycles. The first-order valence-electron chi connectivity index (χ1n) is 6.57. The van der Waals surface area contributed by atoms with Gasteiger partial charge in [0.1, 0.15) is 0 Å². The van der Waals surface area contributed by atoms with Crippen LogP contribution in [-0.4, -0.2) is 22.1 Å². The largest absolute Gasteiger partial charge is 0.338 e. The van der Waals surface area contributed by atoms with Crippen LogP contribution in [0, 0.1) is 0 Å². The zero-order chi connectivity index (χ0) is 14.2. The zero-order valence-electron chi connectivity index (χ0n) is 11.2. The molecular formula is C14H19N5O. The lowest BCUT2D eigenvalue weighted by atomic mass is 10.2. The molecule has 2 rings (SSSR count). The van der Waals surface area contributed by atoms with Crippen LogP contribution in [0.3, 0.4) is 0 Å². The highest BCUT2D eigenvalue weighted by molar-refractivity contribution is 5.89. The minimum absolute atomic E-state index is 0.198. The Morgan fingerprint density at radius 2 is 2.10 bits per heavy atom. The zero-order valence-corrected chi connectivity index (χ0v) is 11.2. The van der Waals surface area contributed by atoms with E-state index in [9.17, 15) is 4.79 Å². The van der Waals surface area contributed by atoms with Crippen molar-refractivity contribution in [2.45, 2.75) is 19.5 Å². The molecule has 2 amide bonds. The number of benzene rings is 1. The SMILES string of the molecule is NCc1ccc(NC(=O)NCCCn2ccnc2)cc1. The third-order valence-corrected chi connectivity index (χ3v) is 2.89. The number of aryl methyl sites for hydroxylation is 1. The number of carbonyl (C=O) groups is 1. The molecule has 1 aromatic carbocycles. The van der Waals surface area contributed by atoms with E-state index in [-0.39, 0.29) is 6.03 Å². The van der Waals surface area contributed by atoms with Crippen molar-refractivity contribution in [1.29, 1.82) is 0 Å². The van der Waals surface area contributed by atoms with E-state index in [0.717, 1.165) is 24.2 Å². The number of aromatic nitrogens is 2. The first-order valence-corrected chi connectivity index (χ1v) is 6.57. The van der Waals surface area contributed by atoms with E-state index in [1.54, 1.807) is 12.5 Å². The van der Waals surface area contributed by atoms with Crippen LogP contribution in [0.4, 0.5) is 10.5 Å². The van der Waals surface area contributed by atoms with Crippen LogP contribution in [0.1, 0.15) is 12.0 Å². The van der Waals surface area contributed by atoms with Crippen molar-refractivity contribution in [2.24, 2.45) is 5.73 Å². The first kappa shape index (κ1) is 14.1. The van der Waals surface area contributed by atoms with Gasteiger partial charge in [0.15, 0.2) is 0 Å². The van der Waals surface area contributed by atoms with Crippen LogP contribution in [0.25, 0.3) is 0 Å². The van der Waals surface area contributed by atoms with Crippen molar-refractivity contribution < 1.29 is 4.79 Å². The van der Waals surface area contributed by atoms with Crippen molar-refractivity contribution >= 4 is 11.7 Å². The smallest absolute Gasteiger partial charge is 0.319 e. The number of carbonyl (C=O) groups excluding carboxylic acids is 1. The lowest BCUT2D eigenvalue weighted by Gasteiger charge is -2.08. The Morgan fingerprint density at radius 3 is 2.75 bits per heavy atom. The molecule has 6 heteroatoms. The monoisotopic (exact) mass is 273 g/mol. The van der Waals surface area contributed by atoms with Gasteiger partial charge in [-0.25, -0.2) is 9.78 Å². The molecule has 0 bridgehead atoms. The van der Waals surface area contributed by atoms with Gasteiger partial charge in [0, 0.05) is 37.7 Å². The van der Waals surface area contributed by atoms with Gasteiger partial charge >= 0.3 is 6.03 Å². The van der Waals surface area contributed by atoms with Crippen molar-refractivity contribution in [3.63, 3.8) is 0 Å². The molecule has 0 saturated heterocycles. The second-order valence-electron chi connectivity index (χ2n) is 4.44. The summed E-state index contributed by atoms with van der Waals surface area (Å²) >= 11 is 0. The number of imidazole rings is 1. The van der Waals surface area contributed by atoms with Gasteiger partial charge in [-0.15, -0.1) is 0 Å². The van der Waals surface area contributed by atoms with Crippen LogP contribution < -0.4 is 16.4 Å². The quantitative estimate of drug-likeness (QED) is 0.698. The normalized spacial score (nSPS) is 10.2. The van der Waals surface area contributed by atoms with E-state index in [0.29, 0.717) is 13.1 Å². The Labute approximate surface area is 118 Å². The summed E-state index contributed by atoms with van der Waals surface area (Å²) < 4.78 is 1.98. The number of urea groups is 1. The second kappa shape index (κ2) is 7.30. The number of hydrogen-bond donors (Lipinski definition) is 3. The van der Waals surface area contributed by atoms with Crippen LogP contribution in [-0.2, 0) is 13.1 Å².